The number of rotatable bonds is 6. The molecule has 0 bridgehead atoms. The van der Waals surface area contributed by atoms with Gasteiger partial charge in [-0.1, -0.05) is 35.9 Å². The number of nitrogens with zero attached hydrogens (tertiary/aromatic N) is 2. The fraction of sp³-hybridized carbons (Fsp3) is 0.200. The SMILES string of the molecule is Cc1cccc(Nc2cc(C)nc(NCCc3ccc(Cl)cc3)n2)c1. The molecule has 1 heterocycles. The average Bonchev–Trinajstić information content (AvgIpc) is 2.56. The minimum atomic E-state index is 0.629. The molecule has 0 saturated heterocycles. The predicted octanol–water partition coefficient (Wildman–Crippen LogP) is 5.15. The molecule has 4 nitrogen and oxygen atoms in total. The first-order valence-electron chi connectivity index (χ1n) is 8.26. The van der Waals surface area contributed by atoms with E-state index in [-0.39, 0.29) is 0 Å². The lowest BCUT2D eigenvalue weighted by Gasteiger charge is -2.10. The summed E-state index contributed by atoms with van der Waals surface area (Å²) >= 11 is 5.91. The summed E-state index contributed by atoms with van der Waals surface area (Å²) in [6.07, 6.45) is 0.884. The van der Waals surface area contributed by atoms with Crippen LogP contribution in [0.3, 0.4) is 0 Å². The summed E-state index contributed by atoms with van der Waals surface area (Å²) < 4.78 is 0. The van der Waals surface area contributed by atoms with Crippen LogP contribution in [0.5, 0.6) is 0 Å². The summed E-state index contributed by atoms with van der Waals surface area (Å²) in [7, 11) is 0. The Morgan fingerprint density at radius 2 is 1.76 bits per heavy atom. The number of aromatic nitrogens is 2. The number of halogens is 1. The summed E-state index contributed by atoms with van der Waals surface area (Å²) in [6, 6.07) is 18.0. The largest absolute Gasteiger partial charge is 0.354 e. The zero-order valence-corrected chi connectivity index (χ0v) is 15.1. The first-order chi connectivity index (χ1) is 12.1. The number of hydrogen-bond donors (Lipinski definition) is 2. The second kappa shape index (κ2) is 7.99. The molecule has 0 saturated carbocycles. The van der Waals surface area contributed by atoms with Gasteiger partial charge in [0.2, 0.25) is 5.95 Å². The Hall–Kier alpha value is -2.59. The van der Waals surface area contributed by atoms with Crippen molar-refractivity contribution in [1.82, 2.24) is 9.97 Å². The highest BCUT2D eigenvalue weighted by atomic mass is 35.5. The van der Waals surface area contributed by atoms with Gasteiger partial charge in [0.25, 0.3) is 0 Å². The van der Waals surface area contributed by atoms with Gasteiger partial charge in [-0.25, -0.2) is 4.98 Å². The highest BCUT2D eigenvalue weighted by Crippen LogP contribution is 2.18. The fourth-order valence-corrected chi connectivity index (χ4v) is 2.68. The van der Waals surface area contributed by atoms with E-state index in [1.165, 1.54) is 11.1 Å². The van der Waals surface area contributed by atoms with Crippen LogP contribution < -0.4 is 10.6 Å². The molecule has 1 aromatic heterocycles. The lowest BCUT2D eigenvalue weighted by atomic mass is 10.1. The van der Waals surface area contributed by atoms with Crippen LogP contribution in [0.1, 0.15) is 16.8 Å². The summed E-state index contributed by atoms with van der Waals surface area (Å²) in [6.45, 7) is 4.79. The summed E-state index contributed by atoms with van der Waals surface area (Å²) in [5.41, 5.74) is 4.36. The van der Waals surface area contributed by atoms with Crippen molar-refractivity contribution in [2.45, 2.75) is 20.3 Å². The summed E-state index contributed by atoms with van der Waals surface area (Å²) in [5, 5.41) is 7.38. The molecule has 0 spiro atoms. The van der Waals surface area contributed by atoms with E-state index in [0.29, 0.717) is 5.95 Å². The molecule has 25 heavy (non-hydrogen) atoms. The maximum atomic E-state index is 5.91. The van der Waals surface area contributed by atoms with Crippen molar-refractivity contribution in [2.75, 3.05) is 17.2 Å². The fourth-order valence-electron chi connectivity index (χ4n) is 2.55. The maximum Gasteiger partial charge on any atom is 0.224 e. The van der Waals surface area contributed by atoms with Gasteiger partial charge < -0.3 is 10.6 Å². The van der Waals surface area contributed by atoms with Crippen LogP contribution in [0.4, 0.5) is 17.5 Å². The van der Waals surface area contributed by atoms with Crippen LogP contribution >= 0.6 is 11.6 Å². The summed E-state index contributed by atoms with van der Waals surface area (Å²) in [4.78, 5) is 9.00. The van der Waals surface area contributed by atoms with E-state index in [4.69, 9.17) is 11.6 Å². The van der Waals surface area contributed by atoms with Gasteiger partial charge in [-0.05, 0) is 55.7 Å². The third-order valence-electron chi connectivity index (χ3n) is 3.75. The lowest BCUT2D eigenvalue weighted by Crippen LogP contribution is -2.09. The number of hydrogen-bond acceptors (Lipinski definition) is 4. The van der Waals surface area contributed by atoms with E-state index in [1.807, 2.05) is 49.4 Å². The normalized spacial score (nSPS) is 10.5. The van der Waals surface area contributed by atoms with E-state index in [1.54, 1.807) is 0 Å². The standard InChI is InChI=1S/C20H21ClN4/c1-14-4-3-5-18(12-14)24-19-13-15(2)23-20(25-19)22-11-10-16-6-8-17(21)9-7-16/h3-9,12-13H,10-11H2,1-2H3,(H2,22,23,24,25). The second-order valence-corrected chi connectivity index (χ2v) is 6.45. The Kier molecular flexibility index (Phi) is 5.51. The third kappa shape index (κ3) is 5.19. The quantitative estimate of drug-likeness (QED) is 0.644. The van der Waals surface area contributed by atoms with Crippen LogP contribution in [0, 0.1) is 13.8 Å². The highest BCUT2D eigenvalue weighted by Gasteiger charge is 2.03. The molecule has 0 atom stereocenters. The van der Waals surface area contributed by atoms with Crippen molar-refractivity contribution >= 4 is 29.1 Å². The molecular weight excluding hydrogens is 332 g/mol. The van der Waals surface area contributed by atoms with Gasteiger partial charge >= 0.3 is 0 Å². The van der Waals surface area contributed by atoms with Gasteiger partial charge in [-0.15, -0.1) is 0 Å². The van der Waals surface area contributed by atoms with E-state index < -0.39 is 0 Å². The Morgan fingerprint density at radius 3 is 2.52 bits per heavy atom. The zero-order chi connectivity index (χ0) is 17.6. The van der Waals surface area contributed by atoms with Gasteiger partial charge in [0.05, 0.1) is 0 Å². The van der Waals surface area contributed by atoms with Gasteiger partial charge in [0.1, 0.15) is 5.82 Å². The van der Waals surface area contributed by atoms with Gasteiger partial charge in [-0.2, -0.15) is 4.98 Å². The number of anilines is 3. The van der Waals surface area contributed by atoms with Crippen molar-refractivity contribution in [2.24, 2.45) is 0 Å². The Labute approximate surface area is 153 Å². The molecule has 0 radical (unpaired) electrons. The van der Waals surface area contributed by atoms with Crippen molar-refractivity contribution in [3.05, 3.63) is 76.4 Å². The molecule has 2 aromatic carbocycles. The van der Waals surface area contributed by atoms with E-state index in [0.717, 1.165) is 35.2 Å². The van der Waals surface area contributed by atoms with Crippen molar-refractivity contribution < 1.29 is 0 Å². The molecule has 2 N–H and O–H groups in total. The van der Waals surface area contributed by atoms with Crippen LogP contribution in [0.15, 0.2) is 54.6 Å². The predicted molar refractivity (Wildman–Crippen MR) is 105 cm³/mol. The Morgan fingerprint density at radius 1 is 0.960 bits per heavy atom. The number of benzene rings is 2. The van der Waals surface area contributed by atoms with Crippen LogP contribution in [0.25, 0.3) is 0 Å². The van der Waals surface area contributed by atoms with E-state index >= 15 is 0 Å². The molecule has 0 amide bonds. The monoisotopic (exact) mass is 352 g/mol. The Balaban J connectivity index is 1.63. The molecule has 0 aliphatic rings. The number of nitrogens with one attached hydrogen (secondary N) is 2. The molecule has 5 heteroatoms. The third-order valence-corrected chi connectivity index (χ3v) is 4.01. The highest BCUT2D eigenvalue weighted by molar-refractivity contribution is 6.30. The molecule has 0 aliphatic carbocycles. The molecule has 0 unspecified atom stereocenters. The smallest absolute Gasteiger partial charge is 0.224 e. The zero-order valence-electron chi connectivity index (χ0n) is 14.4. The minimum Gasteiger partial charge on any atom is -0.354 e. The number of aryl methyl sites for hydroxylation is 2. The molecule has 0 aliphatic heterocycles. The lowest BCUT2D eigenvalue weighted by molar-refractivity contribution is 0.976. The Bertz CT molecular complexity index is 847. The van der Waals surface area contributed by atoms with Crippen LogP contribution in [-0.4, -0.2) is 16.5 Å². The summed E-state index contributed by atoms with van der Waals surface area (Å²) in [5.74, 6) is 1.41. The van der Waals surface area contributed by atoms with E-state index in [9.17, 15) is 0 Å². The molecule has 128 valence electrons. The van der Waals surface area contributed by atoms with Crippen molar-refractivity contribution in [3.8, 4) is 0 Å². The maximum absolute atomic E-state index is 5.91. The van der Waals surface area contributed by atoms with Crippen molar-refractivity contribution in [1.29, 1.82) is 0 Å². The molecular formula is C20H21ClN4. The van der Waals surface area contributed by atoms with Gasteiger partial charge in [0, 0.05) is 29.0 Å². The van der Waals surface area contributed by atoms with Crippen LogP contribution in [-0.2, 0) is 6.42 Å². The topological polar surface area (TPSA) is 49.8 Å². The average molecular weight is 353 g/mol. The van der Waals surface area contributed by atoms with E-state index in [2.05, 4.69) is 39.7 Å². The van der Waals surface area contributed by atoms with Crippen molar-refractivity contribution in [3.63, 3.8) is 0 Å². The first-order valence-corrected chi connectivity index (χ1v) is 8.64. The minimum absolute atomic E-state index is 0.629. The van der Waals surface area contributed by atoms with Crippen LogP contribution in [0.2, 0.25) is 5.02 Å². The van der Waals surface area contributed by atoms with Gasteiger partial charge in [-0.3, -0.25) is 0 Å². The molecule has 0 fully saturated rings. The second-order valence-electron chi connectivity index (χ2n) is 6.02. The van der Waals surface area contributed by atoms with Gasteiger partial charge in [0.15, 0.2) is 0 Å². The molecule has 3 aromatic rings. The first kappa shape index (κ1) is 17.2. The molecule has 3 rings (SSSR count).